The molecular formula is C17H19N5O7. The van der Waals surface area contributed by atoms with Crippen LogP contribution in [-0.4, -0.2) is 72.2 Å². The first-order valence-electron chi connectivity index (χ1n) is 8.57. The highest BCUT2D eigenvalue weighted by molar-refractivity contribution is 5.88. The highest BCUT2D eigenvalue weighted by Crippen LogP contribution is 2.29. The molecule has 1 aliphatic heterocycles. The van der Waals surface area contributed by atoms with Crippen LogP contribution in [0, 0.1) is 0 Å². The fourth-order valence-electron chi connectivity index (χ4n) is 2.91. The van der Waals surface area contributed by atoms with Crippen LogP contribution in [-0.2, 0) is 20.7 Å². The molecule has 0 aliphatic carbocycles. The summed E-state index contributed by atoms with van der Waals surface area (Å²) >= 11 is 0. The Hall–Kier alpha value is -3.35. The second-order valence-corrected chi connectivity index (χ2v) is 6.43. The maximum absolute atomic E-state index is 12.5. The zero-order valence-electron chi connectivity index (χ0n) is 15.0. The number of aromatic nitrogens is 3. The smallest absolute Gasteiger partial charge is 0.326 e. The van der Waals surface area contributed by atoms with E-state index >= 15 is 0 Å². The van der Waals surface area contributed by atoms with E-state index in [0.29, 0.717) is 5.56 Å². The number of nitrogens with one attached hydrogen (secondary N) is 1. The molecule has 0 spiro atoms. The predicted octanol–water partition coefficient (Wildman–Crippen LogP) is -2.19. The van der Waals surface area contributed by atoms with Gasteiger partial charge in [-0.05, 0) is 5.56 Å². The molecule has 1 saturated heterocycles. The minimum absolute atomic E-state index is 0.0156. The van der Waals surface area contributed by atoms with E-state index in [0.717, 1.165) is 11.0 Å². The number of hydrogen-bond acceptors (Lipinski definition) is 8. The molecule has 2 heterocycles. The van der Waals surface area contributed by atoms with Gasteiger partial charge in [-0.1, -0.05) is 30.3 Å². The molecule has 3 rings (SSSR count). The largest absolute Gasteiger partial charge is 0.480 e. The van der Waals surface area contributed by atoms with Gasteiger partial charge in [-0.2, -0.15) is 0 Å². The van der Waals surface area contributed by atoms with Crippen LogP contribution in [0.2, 0.25) is 0 Å². The van der Waals surface area contributed by atoms with E-state index in [-0.39, 0.29) is 12.2 Å². The zero-order chi connectivity index (χ0) is 21.1. The van der Waals surface area contributed by atoms with E-state index in [1.165, 1.54) is 0 Å². The minimum Gasteiger partial charge on any atom is -0.480 e. The zero-order valence-corrected chi connectivity index (χ0v) is 15.0. The number of ether oxygens (including phenoxy) is 1. The van der Waals surface area contributed by atoms with Crippen LogP contribution in [0.15, 0.2) is 36.7 Å². The van der Waals surface area contributed by atoms with Gasteiger partial charge in [0.25, 0.3) is 11.8 Å². The van der Waals surface area contributed by atoms with Crippen molar-refractivity contribution < 1.29 is 34.4 Å². The van der Waals surface area contributed by atoms with Crippen molar-refractivity contribution in [3.05, 3.63) is 48.0 Å². The van der Waals surface area contributed by atoms with Gasteiger partial charge >= 0.3 is 5.97 Å². The van der Waals surface area contributed by atoms with Crippen LogP contribution in [0.1, 0.15) is 22.4 Å². The first-order valence-corrected chi connectivity index (χ1v) is 8.57. The monoisotopic (exact) mass is 405 g/mol. The standard InChI is InChI=1S/C17H19N5O7/c18-13(25)14-19-7-22(21-14)16-11(24)10(23)12(29-16)15(26)20-9(17(27)28)6-8-4-2-1-3-5-8/h1-5,7,9-12,16,23-24H,6H2,(H2,18,25)(H,20,26)(H,27,28)/t9-,10+,11-,12+,16-/m1/s1. The van der Waals surface area contributed by atoms with Crippen molar-refractivity contribution in [3.8, 4) is 0 Å². The molecule has 2 aromatic rings. The molecule has 1 fully saturated rings. The van der Waals surface area contributed by atoms with Crippen molar-refractivity contribution in [2.24, 2.45) is 5.73 Å². The summed E-state index contributed by atoms with van der Waals surface area (Å²) in [6.07, 6.45) is -5.05. The molecule has 5 atom stereocenters. The normalized spacial score (nSPS) is 24.8. The first kappa shape index (κ1) is 20.4. The van der Waals surface area contributed by atoms with Gasteiger partial charge < -0.3 is 31.1 Å². The summed E-state index contributed by atoms with van der Waals surface area (Å²) in [6.45, 7) is 0. The average Bonchev–Trinajstić information content (AvgIpc) is 3.28. The second kappa shape index (κ2) is 8.34. The summed E-state index contributed by atoms with van der Waals surface area (Å²) in [4.78, 5) is 38.8. The number of aliphatic hydroxyl groups is 2. The number of carbonyl (C=O) groups excluding carboxylic acids is 2. The average molecular weight is 405 g/mol. The van der Waals surface area contributed by atoms with E-state index in [9.17, 15) is 29.7 Å². The van der Waals surface area contributed by atoms with E-state index < -0.39 is 48.4 Å². The number of nitrogens with zero attached hydrogens (tertiary/aromatic N) is 3. The van der Waals surface area contributed by atoms with Crippen LogP contribution in [0.5, 0.6) is 0 Å². The van der Waals surface area contributed by atoms with Crippen LogP contribution < -0.4 is 11.1 Å². The first-order chi connectivity index (χ1) is 13.8. The van der Waals surface area contributed by atoms with E-state index in [4.69, 9.17) is 10.5 Å². The third kappa shape index (κ3) is 4.39. The molecule has 0 radical (unpaired) electrons. The second-order valence-electron chi connectivity index (χ2n) is 6.43. The molecule has 1 aromatic carbocycles. The van der Waals surface area contributed by atoms with Gasteiger partial charge in [0.2, 0.25) is 5.82 Å². The summed E-state index contributed by atoms with van der Waals surface area (Å²) in [5.41, 5.74) is 5.75. The molecule has 12 nitrogen and oxygen atoms in total. The molecule has 0 bridgehead atoms. The Kier molecular flexibility index (Phi) is 5.87. The minimum atomic E-state index is -1.66. The number of carbonyl (C=O) groups is 3. The van der Waals surface area contributed by atoms with Crippen molar-refractivity contribution in [2.75, 3.05) is 0 Å². The molecular weight excluding hydrogens is 386 g/mol. The lowest BCUT2D eigenvalue weighted by Crippen LogP contribution is -2.50. The number of primary amides is 1. The predicted molar refractivity (Wildman–Crippen MR) is 94.2 cm³/mol. The van der Waals surface area contributed by atoms with Gasteiger partial charge in [0.1, 0.15) is 24.6 Å². The number of aliphatic hydroxyl groups excluding tert-OH is 2. The van der Waals surface area contributed by atoms with Crippen molar-refractivity contribution in [2.45, 2.75) is 37.0 Å². The quantitative estimate of drug-likeness (QED) is 0.340. The highest BCUT2D eigenvalue weighted by atomic mass is 16.6. The third-order valence-electron chi connectivity index (χ3n) is 4.38. The Labute approximate surface area is 163 Å². The van der Waals surface area contributed by atoms with Crippen LogP contribution in [0.25, 0.3) is 0 Å². The lowest BCUT2D eigenvalue weighted by molar-refractivity contribution is -0.146. The SMILES string of the molecule is NC(=O)c1ncn([C@@H]2O[C@H](C(=O)N[C@H](Cc3ccccc3)C(=O)O)[C@@H](O)[C@H]2O)n1. The molecule has 0 unspecified atom stereocenters. The van der Waals surface area contributed by atoms with E-state index in [2.05, 4.69) is 15.4 Å². The van der Waals surface area contributed by atoms with Gasteiger partial charge in [0.05, 0.1) is 0 Å². The van der Waals surface area contributed by atoms with Gasteiger partial charge in [-0.25, -0.2) is 14.5 Å². The molecule has 6 N–H and O–H groups in total. The van der Waals surface area contributed by atoms with Crippen LogP contribution in [0.3, 0.4) is 0 Å². The van der Waals surface area contributed by atoms with Crippen molar-refractivity contribution >= 4 is 17.8 Å². The van der Waals surface area contributed by atoms with Crippen LogP contribution >= 0.6 is 0 Å². The lowest BCUT2D eigenvalue weighted by Gasteiger charge is -2.19. The number of hydrogen-bond donors (Lipinski definition) is 5. The Morgan fingerprint density at radius 1 is 1.21 bits per heavy atom. The summed E-state index contributed by atoms with van der Waals surface area (Å²) in [5, 5.41) is 35.8. The summed E-state index contributed by atoms with van der Waals surface area (Å²) in [5.74, 6) is -3.43. The van der Waals surface area contributed by atoms with E-state index in [1.54, 1.807) is 30.3 Å². The molecule has 2 amide bonds. The molecule has 154 valence electrons. The molecule has 0 saturated carbocycles. The number of carboxylic acids is 1. The van der Waals surface area contributed by atoms with Gasteiger partial charge in [0, 0.05) is 6.42 Å². The highest BCUT2D eigenvalue weighted by Gasteiger charge is 2.48. The Morgan fingerprint density at radius 2 is 1.90 bits per heavy atom. The van der Waals surface area contributed by atoms with E-state index in [1.807, 2.05) is 0 Å². The van der Waals surface area contributed by atoms with Gasteiger partial charge in [-0.3, -0.25) is 9.59 Å². The number of aliphatic carboxylic acids is 1. The number of amides is 2. The van der Waals surface area contributed by atoms with Crippen molar-refractivity contribution in [1.29, 1.82) is 0 Å². The lowest BCUT2D eigenvalue weighted by atomic mass is 10.0. The number of rotatable bonds is 7. The Morgan fingerprint density at radius 3 is 2.48 bits per heavy atom. The third-order valence-corrected chi connectivity index (χ3v) is 4.38. The fraction of sp³-hybridized carbons (Fsp3) is 0.353. The van der Waals surface area contributed by atoms with Gasteiger partial charge in [0.15, 0.2) is 12.3 Å². The number of benzene rings is 1. The number of carboxylic acid groups (broad SMARTS) is 1. The molecule has 1 aromatic heterocycles. The molecule has 29 heavy (non-hydrogen) atoms. The summed E-state index contributed by atoms with van der Waals surface area (Å²) in [6, 6.07) is 7.40. The Bertz CT molecular complexity index is 903. The molecule has 1 aliphatic rings. The van der Waals surface area contributed by atoms with Crippen molar-refractivity contribution in [1.82, 2.24) is 20.1 Å². The van der Waals surface area contributed by atoms with Crippen LogP contribution in [0.4, 0.5) is 0 Å². The topological polar surface area (TPSA) is 190 Å². The maximum atomic E-state index is 12.5. The Balaban J connectivity index is 1.70. The van der Waals surface area contributed by atoms with Gasteiger partial charge in [-0.15, -0.1) is 5.10 Å². The van der Waals surface area contributed by atoms with Crippen molar-refractivity contribution in [3.63, 3.8) is 0 Å². The number of nitrogens with two attached hydrogens (primary N) is 1. The maximum Gasteiger partial charge on any atom is 0.326 e. The summed E-state index contributed by atoms with van der Waals surface area (Å²) in [7, 11) is 0. The summed E-state index contributed by atoms with van der Waals surface area (Å²) < 4.78 is 6.31. The fourth-order valence-corrected chi connectivity index (χ4v) is 2.91. The molecule has 12 heteroatoms.